The third-order valence-corrected chi connectivity index (χ3v) is 8.75. The molecule has 0 unspecified atom stereocenters. The summed E-state index contributed by atoms with van der Waals surface area (Å²) < 4.78 is 151. The molecule has 1 aromatic rings. The van der Waals surface area contributed by atoms with Crippen LogP contribution in [0, 0.1) is 11.8 Å². The standard InChI is InChI=1S/C20H17F9O4S/c1-2-33-15(30)16(13-9-8-12(10-13)14(16)11-6-4-3-5-7-11)34(31,32)20(28,29)18(23,24)17(21,22)19(25,26)27/h3-9,12-14H,2,10H2,1H3/t12-,13+,14+,16+/m1/s1. The van der Waals surface area contributed by atoms with E-state index in [4.69, 9.17) is 0 Å². The number of ether oxygens (including phenoxy) is 1. The first-order valence-corrected chi connectivity index (χ1v) is 11.3. The van der Waals surface area contributed by atoms with Gasteiger partial charge >= 0.3 is 29.2 Å². The first kappa shape index (κ1) is 26.4. The highest BCUT2D eigenvalue weighted by Crippen LogP contribution is 2.65. The molecule has 0 saturated heterocycles. The summed E-state index contributed by atoms with van der Waals surface area (Å²) in [6, 6.07) is 6.46. The molecule has 34 heavy (non-hydrogen) atoms. The van der Waals surface area contributed by atoms with E-state index in [1.54, 1.807) is 0 Å². The highest BCUT2D eigenvalue weighted by molar-refractivity contribution is 7.94. The fraction of sp³-hybridized carbons (Fsp3) is 0.550. The normalized spacial score (nSPS) is 27.8. The van der Waals surface area contributed by atoms with Crippen molar-refractivity contribution >= 4 is 15.8 Å². The average Bonchev–Trinajstić information content (AvgIpc) is 3.33. The number of hydrogen-bond acceptors (Lipinski definition) is 4. The summed E-state index contributed by atoms with van der Waals surface area (Å²) in [7, 11) is -7.14. The first-order valence-electron chi connectivity index (χ1n) is 9.77. The molecule has 0 heterocycles. The van der Waals surface area contributed by atoms with Crippen molar-refractivity contribution in [1.82, 2.24) is 0 Å². The summed E-state index contributed by atoms with van der Waals surface area (Å²) in [6.45, 7) is 0.530. The van der Waals surface area contributed by atoms with Crippen LogP contribution in [-0.2, 0) is 19.4 Å². The van der Waals surface area contributed by atoms with E-state index in [2.05, 4.69) is 4.74 Å². The second kappa shape index (κ2) is 7.89. The average molecular weight is 524 g/mol. The molecule has 1 aromatic carbocycles. The number of carbonyl (C=O) groups is 1. The molecule has 1 fully saturated rings. The Kier molecular flexibility index (Phi) is 6.11. The van der Waals surface area contributed by atoms with E-state index >= 15 is 0 Å². The highest BCUT2D eigenvalue weighted by Gasteiger charge is 2.89. The van der Waals surface area contributed by atoms with Crippen LogP contribution in [0.2, 0.25) is 0 Å². The summed E-state index contributed by atoms with van der Waals surface area (Å²) >= 11 is 0. The molecule has 0 radical (unpaired) electrons. The number of allylic oxidation sites excluding steroid dienone is 2. The van der Waals surface area contributed by atoms with Crippen molar-refractivity contribution in [2.45, 2.75) is 47.3 Å². The molecule has 0 N–H and O–H groups in total. The second-order valence-corrected chi connectivity index (χ2v) is 10.2. The lowest BCUT2D eigenvalue weighted by Gasteiger charge is -2.43. The summed E-state index contributed by atoms with van der Waals surface area (Å²) in [5, 5.41) is -7.02. The van der Waals surface area contributed by atoms with Crippen LogP contribution in [0.5, 0.6) is 0 Å². The van der Waals surface area contributed by atoms with Crippen molar-refractivity contribution in [3.05, 3.63) is 48.0 Å². The number of benzene rings is 1. The maximum atomic E-state index is 15.0. The molecule has 0 aromatic heterocycles. The van der Waals surface area contributed by atoms with E-state index in [0.29, 0.717) is 0 Å². The molecule has 3 rings (SSSR count). The maximum absolute atomic E-state index is 15.0. The van der Waals surface area contributed by atoms with Gasteiger partial charge in [0.25, 0.3) is 0 Å². The predicted octanol–water partition coefficient (Wildman–Crippen LogP) is 5.12. The van der Waals surface area contributed by atoms with Crippen LogP contribution in [-0.4, -0.2) is 49.0 Å². The van der Waals surface area contributed by atoms with Crippen LogP contribution < -0.4 is 0 Å². The topological polar surface area (TPSA) is 60.4 Å². The van der Waals surface area contributed by atoms with Crippen molar-refractivity contribution in [2.75, 3.05) is 6.61 Å². The fourth-order valence-corrected chi connectivity index (χ4v) is 7.12. The molecule has 0 amide bonds. The Bertz CT molecular complexity index is 1080. The Morgan fingerprint density at radius 3 is 2.03 bits per heavy atom. The van der Waals surface area contributed by atoms with Gasteiger partial charge in [-0.1, -0.05) is 42.5 Å². The number of sulfone groups is 1. The summed E-state index contributed by atoms with van der Waals surface area (Å²) in [5.74, 6) is -21.4. The SMILES string of the molecule is CCOC(=O)[C@]1(S(=O)(=O)C(F)(F)C(F)(F)C(F)(F)C(F)(F)F)[C@H]2C=C[C@H](C2)[C@@H]1c1ccccc1. The molecule has 2 aliphatic carbocycles. The second-order valence-electron chi connectivity index (χ2n) is 7.96. The molecule has 1 saturated carbocycles. The number of rotatable bonds is 7. The maximum Gasteiger partial charge on any atom is 0.460 e. The zero-order valence-corrected chi connectivity index (χ0v) is 17.9. The van der Waals surface area contributed by atoms with Gasteiger partial charge in [-0.3, -0.25) is 4.79 Å². The van der Waals surface area contributed by atoms with Gasteiger partial charge in [-0.2, -0.15) is 39.5 Å². The molecular weight excluding hydrogens is 507 g/mol. The molecule has 190 valence electrons. The first-order chi connectivity index (χ1) is 15.4. The van der Waals surface area contributed by atoms with Gasteiger partial charge in [0.1, 0.15) is 0 Å². The van der Waals surface area contributed by atoms with Crippen molar-refractivity contribution in [1.29, 1.82) is 0 Å². The third-order valence-electron chi connectivity index (χ3n) is 6.21. The molecule has 14 heteroatoms. The quantitative estimate of drug-likeness (QED) is 0.282. The van der Waals surface area contributed by atoms with Crippen LogP contribution >= 0.6 is 0 Å². The van der Waals surface area contributed by atoms with Gasteiger partial charge in [-0.25, -0.2) is 8.42 Å². The number of halogens is 9. The van der Waals surface area contributed by atoms with Gasteiger partial charge in [-0.15, -0.1) is 0 Å². The van der Waals surface area contributed by atoms with Crippen LogP contribution in [0.15, 0.2) is 42.5 Å². The van der Waals surface area contributed by atoms with Crippen LogP contribution in [0.1, 0.15) is 24.8 Å². The lowest BCUT2D eigenvalue weighted by Crippen LogP contribution is -2.69. The minimum atomic E-state index is -7.45. The smallest absolute Gasteiger partial charge is 0.460 e. The van der Waals surface area contributed by atoms with Gasteiger partial charge in [0.2, 0.25) is 9.84 Å². The van der Waals surface area contributed by atoms with Gasteiger partial charge < -0.3 is 4.74 Å². The molecule has 2 aliphatic rings. The Morgan fingerprint density at radius 2 is 1.53 bits per heavy atom. The Balaban J connectivity index is 2.34. The summed E-state index contributed by atoms with van der Waals surface area (Å²) in [6.07, 6.45) is -5.25. The minimum absolute atomic E-state index is 0.0994. The van der Waals surface area contributed by atoms with Crippen molar-refractivity contribution in [3.8, 4) is 0 Å². The summed E-state index contributed by atoms with van der Waals surface area (Å²) in [4.78, 5) is 13.0. The summed E-state index contributed by atoms with van der Waals surface area (Å²) in [5.41, 5.74) is -0.0994. The molecule has 2 bridgehead atoms. The van der Waals surface area contributed by atoms with Gasteiger partial charge in [0, 0.05) is 11.8 Å². The minimum Gasteiger partial charge on any atom is -0.465 e. The Hall–Kier alpha value is -2.25. The van der Waals surface area contributed by atoms with E-state index in [-0.39, 0.29) is 12.0 Å². The number of hydrogen-bond donors (Lipinski definition) is 0. The Morgan fingerprint density at radius 1 is 0.971 bits per heavy atom. The number of fused-ring (bicyclic) bond motifs is 2. The molecule has 0 spiro atoms. The van der Waals surface area contributed by atoms with Gasteiger partial charge in [0.05, 0.1) is 6.61 Å². The van der Waals surface area contributed by atoms with Crippen LogP contribution in [0.4, 0.5) is 39.5 Å². The monoisotopic (exact) mass is 524 g/mol. The molecule has 0 aliphatic heterocycles. The van der Waals surface area contributed by atoms with Gasteiger partial charge in [0.15, 0.2) is 4.75 Å². The van der Waals surface area contributed by atoms with E-state index in [1.165, 1.54) is 36.4 Å². The highest BCUT2D eigenvalue weighted by atomic mass is 32.2. The number of esters is 1. The van der Waals surface area contributed by atoms with Crippen molar-refractivity contribution < 1.29 is 57.5 Å². The largest absolute Gasteiger partial charge is 0.465 e. The van der Waals surface area contributed by atoms with E-state index < -0.39 is 68.2 Å². The molecule has 4 atom stereocenters. The number of alkyl halides is 9. The van der Waals surface area contributed by atoms with E-state index in [9.17, 15) is 52.7 Å². The van der Waals surface area contributed by atoms with E-state index in [1.807, 2.05) is 0 Å². The predicted molar refractivity (Wildman–Crippen MR) is 99.1 cm³/mol. The van der Waals surface area contributed by atoms with Crippen molar-refractivity contribution in [2.24, 2.45) is 11.8 Å². The molecule has 4 nitrogen and oxygen atoms in total. The molecular formula is C20H17F9O4S. The number of carbonyl (C=O) groups excluding carboxylic acids is 1. The lowest BCUT2D eigenvalue weighted by molar-refractivity contribution is -0.382. The van der Waals surface area contributed by atoms with Crippen LogP contribution in [0.3, 0.4) is 0 Å². The van der Waals surface area contributed by atoms with Gasteiger partial charge in [-0.05, 0) is 24.8 Å². The third kappa shape index (κ3) is 3.12. The van der Waals surface area contributed by atoms with Crippen molar-refractivity contribution in [3.63, 3.8) is 0 Å². The fourth-order valence-electron chi connectivity index (χ4n) is 4.74. The zero-order chi connectivity index (χ0) is 26.0. The Labute approximate surface area is 187 Å². The zero-order valence-electron chi connectivity index (χ0n) is 17.1. The van der Waals surface area contributed by atoms with Crippen LogP contribution in [0.25, 0.3) is 0 Å². The van der Waals surface area contributed by atoms with E-state index in [0.717, 1.165) is 13.0 Å². The lowest BCUT2D eigenvalue weighted by atomic mass is 9.77.